The van der Waals surface area contributed by atoms with Crippen LogP contribution in [0.3, 0.4) is 0 Å². The second-order valence-electron chi connectivity index (χ2n) is 8.09. The lowest BCUT2D eigenvalue weighted by Gasteiger charge is -2.29. The maximum atomic E-state index is 13.8. The van der Waals surface area contributed by atoms with Crippen LogP contribution in [0, 0.1) is 10.1 Å². The molecule has 0 radical (unpaired) electrons. The van der Waals surface area contributed by atoms with Crippen molar-refractivity contribution in [1.82, 2.24) is 0 Å². The first-order valence-electron chi connectivity index (χ1n) is 10.4. The number of anilines is 1. The summed E-state index contributed by atoms with van der Waals surface area (Å²) in [7, 11) is 3.24. The smallest absolute Gasteiger partial charge is 0.264 e. The summed E-state index contributed by atoms with van der Waals surface area (Å²) in [6.07, 6.45) is -0.912. The first-order valence-corrected chi connectivity index (χ1v) is 10.4. The number of hydrogen-bond acceptors (Lipinski definition) is 5. The van der Waals surface area contributed by atoms with Gasteiger partial charge in [-0.05, 0) is 29.3 Å². The average Bonchev–Trinajstić information content (AvgIpc) is 3.30. The van der Waals surface area contributed by atoms with Crippen molar-refractivity contribution in [3.8, 4) is 5.75 Å². The van der Waals surface area contributed by atoms with Gasteiger partial charge in [0, 0.05) is 17.5 Å². The van der Waals surface area contributed by atoms with Crippen molar-refractivity contribution in [2.45, 2.75) is 23.7 Å². The van der Waals surface area contributed by atoms with Crippen molar-refractivity contribution < 1.29 is 19.2 Å². The molecular formula is C25H22N2O5. The number of likely N-dealkylation sites (N-methyl/N-ethyl adjacent to an activating group) is 1. The highest BCUT2D eigenvalue weighted by atomic mass is 16.6. The van der Waals surface area contributed by atoms with E-state index in [0.717, 1.165) is 0 Å². The highest BCUT2D eigenvalue weighted by molar-refractivity contribution is 6.07. The molecule has 4 atom stereocenters. The van der Waals surface area contributed by atoms with E-state index in [0.29, 0.717) is 28.1 Å². The fourth-order valence-electron chi connectivity index (χ4n) is 5.11. The monoisotopic (exact) mass is 430 g/mol. The molecule has 2 heterocycles. The molecule has 7 nitrogen and oxygen atoms in total. The Morgan fingerprint density at radius 2 is 1.62 bits per heavy atom. The van der Waals surface area contributed by atoms with Gasteiger partial charge in [0.2, 0.25) is 0 Å². The minimum atomic E-state index is -1.49. The van der Waals surface area contributed by atoms with Crippen LogP contribution in [0.15, 0.2) is 78.9 Å². The molecule has 1 saturated heterocycles. The van der Waals surface area contributed by atoms with E-state index in [9.17, 15) is 14.9 Å². The van der Waals surface area contributed by atoms with E-state index in [4.69, 9.17) is 9.47 Å². The zero-order valence-corrected chi connectivity index (χ0v) is 17.7. The first kappa shape index (κ1) is 20.2. The first-order chi connectivity index (χ1) is 15.5. The molecular weight excluding hydrogens is 408 g/mol. The van der Waals surface area contributed by atoms with Gasteiger partial charge in [0.05, 0.1) is 18.7 Å². The summed E-state index contributed by atoms with van der Waals surface area (Å²) in [6, 6.07) is 22.4. The van der Waals surface area contributed by atoms with E-state index in [1.54, 1.807) is 43.3 Å². The molecule has 0 aromatic heterocycles. The number of amides is 1. The van der Waals surface area contributed by atoms with Crippen molar-refractivity contribution in [3.05, 3.63) is 106 Å². The second kappa shape index (κ2) is 7.46. The molecule has 0 aliphatic carbocycles. The standard InChI is InChI=1S/C25H22N2O5/c1-26-20-11-7-6-10-19(20)25(24(26)28)21(16-8-4-3-5-9-16)22(27(29)30)23(32-25)17-12-14-18(31-2)15-13-17/h3-15,21-23H,1-2H3/t21-,22-,23-,25+/m0/s1. The predicted octanol–water partition coefficient (Wildman–Crippen LogP) is 4.07. The van der Waals surface area contributed by atoms with Crippen LogP contribution in [-0.2, 0) is 15.1 Å². The molecule has 32 heavy (non-hydrogen) atoms. The van der Waals surface area contributed by atoms with Crippen molar-refractivity contribution >= 4 is 11.6 Å². The van der Waals surface area contributed by atoms with E-state index in [2.05, 4.69) is 0 Å². The highest BCUT2D eigenvalue weighted by Crippen LogP contribution is 2.60. The number of carbonyl (C=O) groups is 1. The second-order valence-corrected chi connectivity index (χ2v) is 8.09. The zero-order chi connectivity index (χ0) is 22.5. The van der Waals surface area contributed by atoms with E-state index in [-0.39, 0.29) is 10.8 Å². The molecule has 3 aromatic rings. The fourth-order valence-corrected chi connectivity index (χ4v) is 5.11. The van der Waals surface area contributed by atoms with Crippen LogP contribution >= 0.6 is 0 Å². The summed E-state index contributed by atoms with van der Waals surface area (Å²) in [5.74, 6) is -0.458. The van der Waals surface area contributed by atoms with E-state index >= 15 is 0 Å². The Labute approximate surface area is 185 Å². The Morgan fingerprint density at radius 1 is 0.969 bits per heavy atom. The van der Waals surface area contributed by atoms with Gasteiger partial charge in [0.15, 0.2) is 11.7 Å². The van der Waals surface area contributed by atoms with Gasteiger partial charge in [-0.15, -0.1) is 0 Å². The molecule has 2 aliphatic rings. The van der Waals surface area contributed by atoms with Crippen LogP contribution < -0.4 is 9.64 Å². The Hall–Kier alpha value is -3.71. The summed E-state index contributed by atoms with van der Waals surface area (Å²) in [5, 5.41) is 12.5. The van der Waals surface area contributed by atoms with Crippen LogP contribution in [0.2, 0.25) is 0 Å². The Bertz CT molecular complexity index is 1180. The SMILES string of the molecule is COc1ccc([C@@H]2O[C@@]3(C(=O)N(C)c4ccccc43)[C@@H](c3ccccc3)[C@@H]2[N+](=O)[O-])cc1. The minimum absolute atomic E-state index is 0.296. The quantitative estimate of drug-likeness (QED) is 0.460. The lowest BCUT2D eigenvalue weighted by molar-refractivity contribution is -0.531. The number of fused-ring (bicyclic) bond motifs is 2. The largest absolute Gasteiger partial charge is 0.497 e. The summed E-state index contributed by atoms with van der Waals surface area (Å²) in [5.41, 5.74) is 1.20. The van der Waals surface area contributed by atoms with Crippen LogP contribution in [0.5, 0.6) is 5.75 Å². The molecule has 5 rings (SSSR count). The fraction of sp³-hybridized carbons (Fsp3) is 0.240. The van der Waals surface area contributed by atoms with Gasteiger partial charge in [0.25, 0.3) is 11.9 Å². The van der Waals surface area contributed by atoms with E-state index in [1.165, 1.54) is 0 Å². The zero-order valence-electron chi connectivity index (χ0n) is 17.7. The number of nitrogens with zero attached hydrogens (tertiary/aromatic N) is 2. The van der Waals surface area contributed by atoms with Gasteiger partial charge < -0.3 is 14.4 Å². The van der Waals surface area contributed by atoms with Crippen LogP contribution in [-0.4, -0.2) is 31.0 Å². The number of rotatable bonds is 4. The molecule has 3 aromatic carbocycles. The molecule has 0 unspecified atom stereocenters. The van der Waals surface area contributed by atoms with Gasteiger partial charge in [-0.1, -0.05) is 60.7 Å². The van der Waals surface area contributed by atoms with Crippen LogP contribution in [0.25, 0.3) is 0 Å². The number of ether oxygens (including phenoxy) is 2. The maximum absolute atomic E-state index is 13.8. The summed E-state index contributed by atoms with van der Waals surface area (Å²) >= 11 is 0. The third-order valence-electron chi connectivity index (χ3n) is 6.54. The molecule has 0 saturated carbocycles. The number of para-hydroxylation sites is 1. The molecule has 1 spiro atoms. The minimum Gasteiger partial charge on any atom is -0.497 e. The molecule has 0 bridgehead atoms. The lowest BCUT2D eigenvalue weighted by Crippen LogP contribution is -2.44. The van der Waals surface area contributed by atoms with Crippen molar-refractivity contribution in [2.75, 3.05) is 19.1 Å². The number of nitro groups is 1. The van der Waals surface area contributed by atoms with Gasteiger partial charge in [0.1, 0.15) is 5.75 Å². The Kier molecular flexibility index (Phi) is 4.71. The topological polar surface area (TPSA) is 81.9 Å². The predicted molar refractivity (Wildman–Crippen MR) is 118 cm³/mol. The van der Waals surface area contributed by atoms with Gasteiger partial charge in [-0.3, -0.25) is 14.9 Å². The number of hydrogen-bond donors (Lipinski definition) is 0. The van der Waals surface area contributed by atoms with Gasteiger partial charge in [-0.25, -0.2) is 0 Å². The molecule has 0 N–H and O–H groups in total. The van der Waals surface area contributed by atoms with Gasteiger partial charge >= 0.3 is 0 Å². The van der Waals surface area contributed by atoms with Crippen LogP contribution in [0.1, 0.15) is 28.7 Å². The lowest BCUT2D eigenvalue weighted by atomic mass is 9.75. The Morgan fingerprint density at radius 3 is 2.28 bits per heavy atom. The average molecular weight is 430 g/mol. The molecule has 1 amide bonds. The van der Waals surface area contributed by atoms with Crippen molar-refractivity contribution in [3.63, 3.8) is 0 Å². The summed E-state index contributed by atoms with van der Waals surface area (Å²) in [4.78, 5) is 27.5. The van der Waals surface area contributed by atoms with Gasteiger partial charge in [-0.2, -0.15) is 0 Å². The summed E-state index contributed by atoms with van der Waals surface area (Å²) in [6.45, 7) is 0. The number of methoxy groups -OCH3 is 1. The van der Waals surface area contributed by atoms with E-state index < -0.39 is 23.7 Å². The van der Waals surface area contributed by atoms with E-state index in [1.807, 2.05) is 54.6 Å². The molecule has 2 aliphatic heterocycles. The summed E-state index contributed by atoms with van der Waals surface area (Å²) < 4.78 is 11.8. The molecule has 162 valence electrons. The van der Waals surface area contributed by atoms with Crippen LogP contribution in [0.4, 0.5) is 5.69 Å². The number of carbonyl (C=O) groups excluding carboxylic acids is 1. The highest BCUT2D eigenvalue weighted by Gasteiger charge is 2.69. The maximum Gasteiger partial charge on any atom is 0.264 e. The molecule has 1 fully saturated rings. The Balaban J connectivity index is 1.75. The third kappa shape index (κ3) is 2.74. The normalized spacial score (nSPS) is 26.4. The number of benzene rings is 3. The van der Waals surface area contributed by atoms with Crippen molar-refractivity contribution in [1.29, 1.82) is 0 Å². The van der Waals surface area contributed by atoms with Crippen molar-refractivity contribution in [2.24, 2.45) is 0 Å². The molecule has 7 heteroatoms. The third-order valence-corrected chi connectivity index (χ3v) is 6.54.